The van der Waals surface area contributed by atoms with Gasteiger partial charge in [-0.05, 0) is 18.6 Å². The van der Waals surface area contributed by atoms with Gasteiger partial charge in [0.2, 0.25) is 0 Å². The molecule has 2 aromatic rings. The minimum Gasteiger partial charge on any atom is -0.477 e. The maximum absolute atomic E-state index is 10.8. The topological polar surface area (TPSA) is 50.2 Å². The Labute approximate surface area is 94.9 Å². The van der Waals surface area contributed by atoms with E-state index in [0.717, 1.165) is 20.9 Å². The van der Waals surface area contributed by atoms with Crippen molar-refractivity contribution in [1.29, 1.82) is 0 Å². The molecule has 1 N–H and O–H groups in total. The molecule has 1 heterocycles. The first-order valence-corrected chi connectivity index (χ1v) is 5.18. The van der Waals surface area contributed by atoms with Crippen molar-refractivity contribution in [2.75, 3.05) is 0 Å². The molecule has 1 aromatic heterocycles. The number of aryl methyl sites for hydroxylation is 1. The molecule has 2 rings (SSSR count). The number of pyridine rings is 1. The van der Waals surface area contributed by atoms with Crippen LogP contribution in [0.2, 0.25) is 0 Å². The van der Waals surface area contributed by atoms with Crippen LogP contribution in [-0.2, 0) is 0 Å². The van der Waals surface area contributed by atoms with E-state index in [4.69, 9.17) is 5.11 Å². The van der Waals surface area contributed by atoms with Crippen molar-refractivity contribution in [1.82, 2.24) is 4.98 Å². The van der Waals surface area contributed by atoms with Gasteiger partial charge in [-0.25, -0.2) is 9.78 Å². The molecule has 0 saturated carbocycles. The molecule has 0 radical (unpaired) electrons. The highest BCUT2D eigenvalue weighted by atomic mass is 79.9. The molecule has 0 atom stereocenters. The molecule has 0 amide bonds. The molecule has 0 spiro atoms. The van der Waals surface area contributed by atoms with E-state index in [-0.39, 0.29) is 5.69 Å². The maximum atomic E-state index is 10.8. The van der Waals surface area contributed by atoms with Gasteiger partial charge in [-0.2, -0.15) is 0 Å². The molecule has 1 aromatic carbocycles. The molecule has 76 valence electrons. The molecule has 0 aliphatic rings. The van der Waals surface area contributed by atoms with Gasteiger partial charge in [0, 0.05) is 9.86 Å². The summed E-state index contributed by atoms with van der Waals surface area (Å²) < 4.78 is 0.758. The predicted octanol–water partition coefficient (Wildman–Crippen LogP) is 3.00. The first-order valence-electron chi connectivity index (χ1n) is 4.39. The fourth-order valence-corrected chi connectivity index (χ4v) is 2.00. The van der Waals surface area contributed by atoms with E-state index in [2.05, 4.69) is 20.9 Å². The van der Waals surface area contributed by atoms with E-state index in [1.165, 1.54) is 6.07 Å². The fourth-order valence-electron chi connectivity index (χ4n) is 1.46. The van der Waals surface area contributed by atoms with Gasteiger partial charge in [0.1, 0.15) is 5.69 Å². The van der Waals surface area contributed by atoms with Crippen LogP contribution in [0.3, 0.4) is 0 Å². The van der Waals surface area contributed by atoms with Crippen LogP contribution in [-0.4, -0.2) is 16.1 Å². The van der Waals surface area contributed by atoms with Crippen LogP contribution in [0.1, 0.15) is 16.1 Å². The first-order chi connectivity index (χ1) is 7.09. The second-order valence-electron chi connectivity index (χ2n) is 3.27. The highest BCUT2D eigenvalue weighted by Gasteiger charge is 2.10. The summed E-state index contributed by atoms with van der Waals surface area (Å²) in [5.41, 5.74) is 1.75. The van der Waals surface area contributed by atoms with Crippen LogP contribution in [0.25, 0.3) is 10.9 Å². The van der Waals surface area contributed by atoms with Gasteiger partial charge in [-0.1, -0.05) is 34.1 Å². The van der Waals surface area contributed by atoms with Crippen LogP contribution in [0.5, 0.6) is 0 Å². The summed E-state index contributed by atoms with van der Waals surface area (Å²) in [6.07, 6.45) is 0. The summed E-state index contributed by atoms with van der Waals surface area (Å²) in [5, 5.41) is 9.81. The number of para-hydroxylation sites is 1. The summed E-state index contributed by atoms with van der Waals surface area (Å²) in [7, 11) is 0. The Kier molecular flexibility index (Phi) is 2.44. The lowest BCUT2D eigenvalue weighted by molar-refractivity contribution is 0.0691. The highest BCUT2D eigenvalue weighted by molar-refractivity contribution is 9.10. The normalized spacial score (nSPS) is 10.5. The van der Waals surface area contributed by atoms with E-state index in [1.807, 2.05) is 25.1 Å². The van der Waals surface area contributed by atoms with Crippen LogP contribution in [0.15, 0.2) is 28.7 Å². The van der Waals surface area contributed by atoms with Crippen molar-refractivity contribution >= 4 is 32.8 Å². The Bertz CT molecular complexity index is 552. The second-order valence-corrected chi connectivity index (χ2v) is 4.12. The van der Waals surface area contributed by atoms with Crippen molar-refractivity contribution < 1.29 is 9.90 Å². The number of benzene rings is 1. The monoisotopic (exact) mass is 265 g/mol. The number of hydrogen-bond donors (Lipinski definition) is 1. The molecule has 0 fully saturated rings. The number of hydrogen-bond acceptors (Lipinski definition) is 2. The van der Waals surface area contributed by atoms with E-state index >= 15 is 0 Å². The van der Waals surface area contributed by atoms with Gasteiger partial charge in [0.05, 0.1) is 5.52 Å². The number of carboxylic acid groups (broad SMARTS) is 1. The third kappa shape index (κ3) is 1.72. The number of halogens is 1. The number of carbonyl (C=O) groups is 1. The Morgan fingerprint density at radius 2 is 2.20 bits per heavy atom. The number of aromatic carboxylic acids is 1. The van der Waals surface area contributed by atoms with Gasteiger partial charge in [-0.3, -0.25) is 0 Å². The molecular weight excluding hydrogens is 258 g/mol. The number of rotatable bonds is 1. The summed E-state index contributed by atoms with van der Waals surface area (Å²) >= 11 is 3.35. The Morgan fingerprint density at radius 3 is 2.87 bits per heavy atom. The summed E-state index contributed by atoms with van der Waals surface area (Å²) in [6.45, 7) is 1.91. The van der Waals surface area contributed by atoms with E-state index in [9.17, 15) is 4.79 Å². The van der Waals surface area contributed by atoms with Crippen molar-refractivity contribution in [3.05, 3.63) is 40.0 Å². The smallest absolute Gasteiger partial charge is 0.354 e. The highest BCUT2D eigenvalue weighted by Crippen LogP contribution is 2.25. The zero-order chi connectivity index (χ0) is 11.0. The largest absolute Gasteiger partial charge is 0.477 e. The Balaban J connectivity index is 2.85. The molecule has 0 saturated heterocycles. The van der Waals surface area contributed by atoms with Gasteiger partial charge in [-0.15, -0.1) is 0 Å². The summed E-state index contributed by atoms with van der Waals surface area (Å²) in [5.74, 6) is -1.01. The third-order valence-electron chi connectivity index (χ3n) is 2.21. The molecule has 0 aliphatic heterocycles. The van der Waals surface area contributed by atoms with Crippen molar-refractivity contribution in [3.8, 4) is 0 Å². The Hall–Kier alpha value is -1.42. The molecule has 15 heavy (non-hydrogen) atoms. The molecule has 0 bridgehead atoms. The fraction of sp³-hybridized carbons (Fsp3) is 0.0909. The lowest BCUT2D eigenvalue weighted by atomic mass is 10.1. The zero-order valence-corrected chi connectivity index (χ0v) is 9.58. The van der Waals surface area contributed by atoms with Crippen LogP contribution < -0.4 is 0 Å². The standard InChI is InChI=1S/C11H8BrNO2/c1-6-3-2-4-7-8(12)5-9(11(14)15)13-10(6)7/h2-5H,1H3,(H,14,15). The number of nitrogens with zero attached hydrogens (tertiary/aromatic N) is 1. The van der Waals surface area contributed by atoms with Gasteiger partial charge >= 0.3 is 5.97 Å². The molecule has 0 aliphatic carbocycles. The van der Waals surface area contributed by atoms with Crippen molar-refractivity contribution in [3.63, 3.8) is 0 Å². The molecule has 3 nitrogen and oxygen atoms in total. The first kappa shape index (κ1) is 10.1. The summed E-state index contributed by atoms with van der Waals surface area (Å²) in [6, 6.07) is 7.26. The predicted molar refractivity (Wildman–Crippen MR) is 61.1 cm³/mol. The lowest BCUT2D eigenvalue weighted by Gasteiger charge is -2.04. The SMILES string of the molecule is Cc1cccc2c(Br)cc(C(=O)O)nc12. The zero-order valence-electron chi connectivity index (χ0n) is 7.99. The van der Waals surface area contributed by atoms with Crippen molar-refractivity contribution in [2.45, 2.75) is 6.92 Å². The maximum Gasteiger partial charge on any atom is 0.354 e. The van der Waals surface area contributed by atoms with E-state index in [0.29, 0.717) is 0 Å². The molecule has 4 heteroatoms. The quantitative estimate of drug-likeness (QED) is 0.863. The Morgan fingerprint density at radius 1 is 1.47 bits per heavy atom. The van der Waals surface area contributed by atoms with Gasteiger partial charge < -0.3 is 5.11 Å². The minimum atomic E-state index is -1.01. The minimum absolute atomic E-state index is 0.0590. The third-order valence-corrected chi connectivity index (χ3v) is 2.87. The molecule has 0 unspecified atom stereocenters. The van der Waals surface area contributed by atoms with Gasteiger partial charge in [0.25, 0.3) is 0 Å². The van der Waals surface area contributed by atoms with E-state index in [1.54, 1.807) is 0 Å². The molecular formula is C11H8BrNO2. The summed E-state index contributed by atoms with van der Waals surface area (Å²) in [4.78, 5) is 14.9. The van der Waals surface area contributed by atoms with Crippen LogP contribution in [0.4, 0.5) is 0 Å². The average molecular weight is 266 g/mol. The van der Waals surface area contributed by atoms with E-state index < -0.39 is 5.97 Å². The average Bonchev–Trinajstić information content (AvgIpc) is 2.19. The number of aromatic nitrogens is 1. The van der Waals surface area contributed by atoms with Crippen LogP contribution in [0, 0.1) is 6.92 Å². The number of fused-ring (bicyclic) bond motifs is 1. The van der Waals surface area contributed by atoms with Gasteiger partial charge in [0.15, 0.2) is 0 Å². The number of carboxylic acids is 1. The lowest BCUT2D eigenvalue weighted by Crippen LogP contribution is -2.01. The second kappa shape index (κ2) is 3.62. The van der Waals surface area contributed by atoms with Crippen molar-refractivity contribution in [2.24, 2.45) is 0 Å². The van der Waals surface area contributed by atoms with Crippen LogP contribution >= 0.6 is 15.9 Å².